The summed E-state index contributed by atoms with van der Waals surface area (Å²) in [5, 5.41) is 0. The Kier molecular flexibility index (Phi) is 5.07. The summed E-state index contributed by atoms with van der Waals surface area (Å²) in [7, 11) is 0. The minimum Gasteiger partial charge on any atom is -0.378 e. The van der Waals surface area contributed by atoms with Gasteiger partial charge in [-0.05, 0) is 38.2 Å². The number of aromatic nitrogens is 4. The Morgan fingerprint density at radius 3 is 2.73 bits per heavy atom. The van der Waals surface area contributed by atoms with Crippen LogP contribution in [0.1, 0.15) is 31.2 Å². The van der Waals surface area contributed by atoms with Gasteiger partial charge in [-0.25, -0.2) is 15.0 Å². The molecular formula is C21H24N4O. The molecule has 134 valence electrons. The van der Waals surface area contributed by atoms with Crippen LogP contribution < -0.4 is 0 Å². The van der Waals surface area contributed by atoms with Gasteiger partial charge in [0.15, 0.2) is 5.82 Å². The third-order valence-electron chi connectivity index (χ3n) is 4.98. The second kappa shape index (κ2) is 7.79. The zero-order valence-electron chi connectivity index (χ0n) is 15.1. The van der Waals surface area contributed by atoms with Crippen LogP contribution in [-0.2, 0) is 11.3 Å². The zero-order valence-corrected chi connectivity index (χ0v) is 15.1. The summed E-state index contributed by atoms with van der Waals surface area (Å²) in [5.41, 5.74) is 3.18. The lowest BCUT2D eigenvalue weighted by molar-refractivity contribution is 0.00887. The molecule has 1 aromatic carbocycles. The summed E-state index contributed by atoms with van der Waals surface area (Å²) in [6, 6.07) is 8.17. The predicted molar refractivity (Wildman–Crippen MR) is 102 cm³/mol. The van der Waals surface area contributed by atoms with Crippen molar-refractivity contribution in [1.29, 1.82) is 0 Å². The van der Waals surface area contributed by atoms with Crippen LogP contribution in [0.4, 0.5) is 0 Å². The molecule has 0 bridgehead atoms. The average molecular weight is 348 g/mol. The first-order valence-corrected chi connectivity index (χ1v) is 9.32. The van der Waals surface area contributed by atoms with Crippen LogP contribution in [0.15, 0.2) is 49.1 Å². The number of hydrogen-bond acceptors (Lipinski definition) is 4. The van der Waals surface area contributed by atoms with Crippen LogP contribution in [0.3, 0.4) is 0 Å². The largest absolute Gasteiger partial charge is 0.378 e. The van der Waals surface area contributed by atoms with E-state index in [1.807, 2.05) is 36.9 Å². The molecule has 0 radical (unpaired) electrons. The Labute approximate surface area is 154 Å². The molecule has 0 amide bonds. The van der Waals surface area contributed by atoms with E-state index in [1.165, 1.54) is 18.4 Å². The van der Waals surface area contributed by atoms with E-state index >= 15 is 0 Å². The molecule has 1 fully saturated rings. The Morgan fingerprint density at radius 1 is 1.12 bits per heavy atom. The molecule has 5 heteroatoms. The molecule has 1 aliphatic rings. The number of aryl methyl sites for hydroxylation is 2. The number of ether oxygens (including phenoxy) is 1. The molecule has 1 saturated heterocycles. The molecule has 0 saturated carbocycles. The number of hydrogen-bond donors (Lipinski definition) is 0. The molecule has 26 heavy (non-hydrogen) atoms. The van der Waals surface area contributed by atoms with Gasteiger partial charge in [0.05, 0.1) is 11.7 Å². The second-order valence-corrected chi connectivity index (χ2v) is 6.83. The minimum absolute atomic E-state index is 0.374. The van der Waals surface area contributed by atoms with Crippen molar-refractivity contribution in [2.75, 3.05) is 6.61 Å². The van der Waals surface area contributed by atoms with Gasteiger partial charge in [0.2, 0.25) is 0 Å². The van der Waals surface area contributed by atoms with Gasteiger partial charge >= 0.3 is 0 Å². The summed E-state index contributed by atoms with van der Waals surface area (Å²) in [4.78, 5) is 13.6. The van der Waals surface area contributed by atoms with E-state index in [4.69, 9.17) is 4.74 Å². The second-order valence-electron chi connectivity index (χ2n) is 6.83. The SMILES string of the molecule is Cc1ccccc1-c1ncc(-c2nccn2CC[C@H]2CCCCO2)cn1. The Bertz CT molecular complexity index is 850. The van der Waals surface area contributed by atoms with E-state index in [-0.39, 0.29) is 0 Å². The van der Waals surface area contributed by atoms with Gasteiger partial charge in [-0.15, -0.1) is 0 Å². The van der Waals surface area contributed by atoms with Crippen LogP contribution in [-0.4, -0.2) is 32.2 Å². The summed E-state index contributed by atoms with van der Waals surface area (Å²) >= 11 is 0. The number of imidazole rings is 1. The van der Waals surface area contributed by atoms with E-state index in [0.29, 0.717) is 6.10 Å². The molecule has 0 N–H and O–H groups in total. The minimum atomic E-state index is 0.374. The first kappa shape index (κ1) is 16.9. The molecule has 4 rings (SSSR count). The molecule has 0 unspecified atom stereocenters. The fraction of sp³-hybridized carbons (Fsp3) is 0.381. The summed E-state index contributed by atoms with van der Waals surface area (Å²) in [5.74, 6) is 1.66. The normalized spacial score (nSPS) is 17.3. The number of nitrogens with zero attached hydrogens (tertiary/aromatic N) is 4. The smallest absolute Gasteiger partial charge is 0.159 e. The van der Waals surface area contributed by atoms with Gasteiger partial charge < -0.3 is 9.30 Å². The van der Waals surface area contributed by atoms with Crippen molar-refractivity contribution in [3.8, 4) is 22.8 Å². The molecule has 3 heterocycles. The van der Waals surface area contributed by atoms with Gasteiger partial charge in [-0.2, -0.15) is 0 Å². The van der Waals surface area contributed by atoms with E-state index in [2.05, 4.69) is 38.6 Å². The molecule has 1 atom stereocenters. The van der Waals surface area contributed by atoms with E-state index in [9.17, 15) is 0 Å². The highest BCUT2D eigenvalue weighted by Crippen LogP contribution is 2.23. The van der Waals surface area contributed by atoms with E-state index in [0.717, 1.165) is 48.8 Å². The molecule has 1 aliphatic heterocycles. The zero-order chi connectivity index (χ0) is 17.8. The maximum Gasteiger partial charge on any atom is 0.159 e. The van der Waals surface area contributed by atoms with Crippen LogP contribution in [0.25, 0.3) is 22.8 Å². The van der Waals surface area contributed by atoms with Crippen molar-refractivity contribution in [3.05, 3.63) is 54.6 Å². The summed E-state index contributed by atoms with van der Waals surface area (Å²) in [6.07, 6.45) is 12.6. The molecular weight excluding hydrogens is 324 g/mol. The maximum absolute atomic E-state index is 5.84. The van der Waals surface area contributed by atoms with Gasteiger partial charge in [0, 0.05) is 43.5 Å². The first-order valence-electron chi connectivity index (χ1n) is 9.32. The third kappa shape index (κ3) is 3.68. The van der Waals surface area contributed by atoms with Crippen LogP contribution >= 0.6 is 0 Å². The molecule has 0 spiro atoms. The van der Waals surface area contributed by atoms with Crippen molar-refractivity contribution >= 4 is 0 Å². The number of benzene rings is 1. The van der Waals surface area contributed by atoms with Gasteiger partial charge in [-0.1, -0.05) is 24.3 Å². The first-order chi connectivity index (χ1) is 12.8. The maximum atomic E-state index is 5.84. The molecule has 5 nitrogen and oxygen atoms in total. The van der Waals surface area contributed by atoms with Gasteiger partial charge in [0.25, 0.3) is 0 Å². The van der Waals surface area contributed by atoms with Crippen LogP contribution in [0.2, 0.25) is 0 Å². The fourth-order valence-electron chi connectivity index (χ4n) is 3.47. The quantitative estimate of drug-likeness (QED) is 0.691. The van der Waals surface area contributed by atoms with Crippen LogP contribution in [0, 0.1) is 6.92 Å². The van der Waals surface area contributed by atoms with Gasteiger partial charge in [0.1, 0.15) is 5.82 Å². The monoisotopic (exact) mass is 348 g/mol. The summed E-state index contributed by atoms with van der Waals surface area (Å²) in [6.45, 7) is 3.88. The predicted octanol–water partition coefficient (Wildman–Crippen LogP) is 4.27. The standard InChI is InChI=1S/C21H24N4O/c1-16-6-2-3-8-19(16)20-23-14-17(15-24-20)21-22-10-12-25(21)11-9-18-7-4-5-13-26-18/h2-3,6,8,10,12,14-15,18H,4-5,7,9,11,13H2,1H3/t18-/m1/s1. The van der Waals surface area contributed by atoms with Crippen molar-refractivity contribution in [2.45, 2.75) is 45.3 Å². The van der Waals surface area contributed by atoms with E-state index in [1.54, 1.807) is 0 Å². The lowest BCUT2D eigenvalue weighted by Gasteiger charge is -2.22. The average Bonchev–Trinajstić information content (AvgIpc) is 3.16. The molecule has 2 aromatic heterocycles. The molecule has 0 aliphatic carbocycles. The van der Waals surface area contributed by atoms with Crippen LogP contribution in [0.5, 0.6) is 0 Å². The topological polar surface area (TPSA) is 52.8 Å². The third-order valence-corrected chi connectivity index (χ3v) is 4.98. The van der Waals surface area contributed by atoms with Crippen molar-refractivity contribution in [1.82, 2.24) is 19.5 Å². The van der Waals surface area contributed by atoms with Crippen molar-refractivity contribution in [3.63, 3.8) is 0 Å². The highest BCUT2D eigenvalue weighted by molar-refractivity contribution is 5.61. The Morgan fingerprint density at radius 2 is 1.96 bits per heavy atom. The lowest BCUT2D eigenvalue weighted by Crippen LogP contribution is -2.20. The molecule has 3 aromatic rings. The van der Waals surface area contributed by atoms with E-state index < -0.39 is 0 Å². The number of rotatable bonds is 5. The Balaban J connectivity index is 1.50. The van der Waals surface area contributed by atoms with Crippen molar-refractivity contribution < 1.29 is 4.74 Å². The summed E-state index contributed by atoms with van der Waals surface area (Å²) < 4.78 is 8.01. The van der Waals surface area contributed by atoms with Gasteiger partial charge in [-0.3, -0.25) is 0 Å². The highest BCUT2D eigenvalue weighted by atomic mass is 16.5. The highest BCUT2D eigenvalue weighted by Gasteiger charge is 2.15. The van der Waals surface area contributed by atoms with Crippen molar-refractivity contribution in [2.24, 2.45) is 0 Å². The Hall–Kier alpha value is -2.53. The lowest BCUT2D eigenvalue weighted by atomic mass is 10.1. The fourth-order valence-corrected chi connectivity index (χ4v) is 3.47.